The van der Waals surface area contributed by atoms with Crippen molar-refractivity contribution in [2.75, 3.05) is 11.8 Å². The number of anilines is 1. The number of hydrogen-bond acceptors (Lipinski definition) is 5. The molecule has 3 N–H and O–H groups in total. The lowest BCUT2D eigenvalue weighted by molar-refractivity contribution is 0.494. The van der Waals surface area contributed by atoms with Gasteiger partial charge in [0.2, 0.25) is 0 Å². The summed E-state index contributed by atoms with van der Waals surface area (Å²) in [5, 5.41) is 5.24. The van der Waals surface area contributed by atoms with Gasteiger partial charge in [0.05, 0.1) is 5.69 Å². The molecule has 1 aromatic heterocycles. The van der Waals surface area contributed by atoms with E-state index < -0.39 is 15.7 Å². The second kappa shape index (κ2) is 5.52. The maximum Gasteiger partial charge on any atom is 0.301 e. The van der Waals surface area contributed by atoms with Crippen molar-refractivity contribution in [2.24, 2.45) is 0 Å². The molecule has 1 unspecified atom stereocenters. The van der Waals surface area contributed by atoms with Gasteiger partial charge in [-0.25, -0.2) is 9.71 Å². The molecule has 1 atom stereocenters. The first-order chi connectivity index (χ1) is 8.13. The van der Waals surface area contributed by atoms with Crippen LogP contribution in [0.1, 0.15) is 39.4 Å². The van der Waals surface area contributed by atoms with Gasteiger partial charge in [0.25, 0.3) is 0 Å². The van der Waals surface area contributed by atoms with Gasteiger partial charge in [0.1, 0.15) is 0 Å². The SMILES string of the molecule is CNC(C)c1csc(NS(=O)(=O)NC(C)(C)C)n1. The summed E-state index contributed by atoms with van der Waals surface area (Å²) in [4.78, 5) is 4.22. The number of hydrogen-bond donors (Lipinski definition) is 3. The van der Waals surface area contributed by atoms with Crippen LogP contribution in [0, 0.1) is 0 Å². The van der Waals surface area contributed by atoms with Crippen molar-refractivity contribution in [3.63, 3.8) is 0 Å². The zero-order chi connectivity index (χ0) is 14.0. The Hall–Kier alpha value is -0.700. The first-order valence-electron chi connectivity index (χ1n) is 5.57. The van der Waals surface area contributed by atoms with E-state index in [0.717, 1.165) is 5.69 Å². The van der Waals surface area contributed by atoms with Crippen LogP contribution in [0.3, 0.4) is 0 Å². The molecule has 0 saturated heterocycles. The van der Waals surface area contributed by atoms with Crippen molar-refractivity contribution in [1.82, 2.24) is 15.0 Å². The third kappa shape index (κ3) is 4.89. The van der Waals surface area contributed by atoms with Crippen LogP contribution in [0.15, 0.2) is 5.38 Å². The molecule has 0 amide bonds. The van der Waals surface area contributed by atoms with Gasteiger partial charge < -0.3 is 5.32 Å². The molecule has 1 aromatic rings. The zero-order valence-corrected chi connectivity index (χ0v) is 12.9. The van der Waals surface area contributed by atoms with E-state index >= 15 is 0 Å². The molecule has 18 heavy (non-hydrogen) atoms. The molecular formula is C10H20N4O2S2. The molecular weight excluding hydrogens is 272 g/mol. The number of aromatic nitrogens is 1. The molecule has 0 radical (unpaired) electrons. The number of nitrogens with one attached hydrogen (secondary N) is 3. The van der Waals surface area contributed by atoms with Crippen LogP contribution < -0.4 is 14.8 Å². The number of rotatable bonds is 5. The topological polar surface area (TPSA) is 83.1 Å². The van der Waals surface area contributed by atoms with E-state index in [1.165, 1.54) is 11.3 Å². The Morgan fingerprint density at radius 1 is 1.39 bits per heavy atom. The molecule has 0 aliphatic carbocycles. The van der Waals surface area contributed by atoms with Crippen LogP contribution in [0.5, 0.6) is 0 Å². The summed E-state index contributed by atoms with van der Waals surface area (Å²) in [6.45, 7) is 7.30. The summed E-state index contributed by atoms with van der Waals surface area (Å²) in [5.74, 6) is 0. The standard InChI is InChI=1S/C10H20N4O2S2/c1-7(11-5)8-6-17-9(12-8)13-18(15,16)14-10(2,3)4/h6-7,11,14H,1-5H3,(H,12,13). The Morgan fingerprint density at radius 3 is 2.50 bits per heavy atom. The Morgan fingerprint density at radius 2 is 2.00 bits per heavy atom. The van der Waals surface area contributed by atoms with Crippen molar-refractivity contribution < 1.29 is 8.42 Å². The molecule has 0 spiro atoms. The average molecular weight is 292 g/mol. The Labute approximate surface area is 112 Å². The fourth-order valence-electron chi connectivity index (χ4n) is 1.22. The van der Waals surface area contributed by atoms with Crippen molar-refractivity contribution in [3.8, 4) is 0 Å². The highest BCUT2D eigenvalue weighted by Crippen LogP contribution is 2.21. The van der Waals surface area contributed by atoms with Gasteiger partial charge >= 0.3 is 10.2 Å². The maximum atomic E-state index is 11.8. The van der Waals surface area contributed by atoms with Crippen molar-refractivity contribution in [3.05, 3.63) is 11.1 Å². The van der Waals surface area contributed by atoms with E-state index in [2.05, 4.69) is 19.7 Å². The van der Waals surface area contributed by atoms with Gasteiger partial charge in [-0.3, -0.25) is 0 Å². The highest BCUT2D eigenvalue weighted by molar-refractivity contribution is 7.91. The van der Waals surface area contributed by atoms with Crippen LogP contribution in [0.4, 0.5) is 5.13 Å². The Balaban J connectivity index is 2.76. The summed E-state index contributed by atoms with van der Waals surface area (Å²) in [7, 11) is -1.76. The van der Waals surface area contributed by atoms with E-state index in [4.69, 9.17) is 0 Å². The lowest BCUT2D eigenvalue weighted by atomic mass is 10.1. The Bertz CT molecular complexity index is 490. The molecule has 0 fully saturated rings. The van der Waals surface area contributed by atoms with Gasteiger partial charge in [-0.15, -0.1) is 11.3 Å². The van der Waals surface area contributed by atoms with Crippen molar-refractivity contribution in [2.45, 2.75) is 39.3 Å². The molecule has 104 valence electrons. The number of nitrogens with zero attached hydrogens (tertiary/aromatic N) is 1. The minimum absolute atomic E-state index is 0.0927. The zero-order valence-electron chi connectivity index (χ0n) is 11.2. The highest BCUT2D eigenvalue weighted by Gasteiger charge is 2.21. The van der Waals surface area contributed by atoms with Gasteiger partial charge in [0, 0.05) is 17.0 Å². The molecule has 0 aromatic carbocycles. The summed E-state index contributed by atoms with van der Waals surface area (Å²) in [6, 6.07) is 0.0927. The third-order valence-corrected chi connectivity index (χ3v) is 4.31. The smallest absolute Gasteiger partial charge is 0.301 e. The maximum absolute atomic E-state index is 11.8. The molecule has 0 saturated carbocycles. The first-order valence-corrected chi connectivity index (χ1v) is 7.93. The quantitative estimate of drug-likeness (QED) is 0.767. The monoisotopic (exact) mass is 292 g/mol. The van der Waals surface area contributed by atoms with Gasteiger partial charge in [-0.05, 0) is 34.7 Å². The molecule has 1 rings (SSSR count). The summed E-state index contributed by atoms with van der Waals surface area (Å²) in [5.41, 5.74) is 0.292. The molecule has 1 heterocycles. The Kier molecular flexibility index (Phi) is 4.71. The van der Waals surface area contributed by atoms with Gasteiger partial charge in [0.15, 0.2) is 5.13 Å². The second-order valence-electron chi connectivity index (χ2n) is 5.05. The van der Waals surface area contributed by atoms with E-state index in [1.807, 2.05) is 19.4 Å². The molecule has 0 aliphatic rings. The summed E-state index contributed by atoms with van der Waals surface area (Å²) < 4.78 is 28.5. The fourth-order valence-corrected chi connectivity index (χ4v) is 3.52. The normalized spacial score (nSPS) is 14.5. The van der Waals surface area contributed by atoms with Gasteiger partial charge in [-0.2, -0.15) is 13.1 Å². The van der Waals surface area contributed by atoms with E-state index in [9.17, 15) is 8.42 Å². The molecule has 0 bridgehead atoms. The minimum atomic E-state index is -3.58. The van der Waals surface area contributed by atoms with Crippen LogP contribution in [-0.4, -0.2) is 26.0 Å². The second-order valence-corrected chi connectivity index (χ2v) is 7.32. The molecule has 6 nitrogen and oxygen atoms in total. The van der Waals surface area contributed by atoms with Crippen LogP contribution in [-0.2, 0) is 10.2 Å². The number of thiazole rings is 1. The summed E-state index contributed by atoms with van der Waals surface area (Å²) >= 11 is 1.26. The highest BCUT2D eigenvalue weighted by atomic mass is 32.2. The molecule has 8 heteroatoms. The van der Waals surface area contributed by atoms with Crippen LogP contribution in [0.2, 0.25) is 0 Å². The predicted molar refractivity (Wildman–Crippen MR) is 75.0 cm³/mol. The van der Waals surface area contributed by atoms with E-state index in [0.29, 0.717) is 5.13 Å². The lowest BCUT2D eigenvalue weighted by Crippen LogP contribution is -2.43. The molecule has 0 aliphatic heterocycles. The first kappa shape index (κ1) is 15.4. The van der Waals surface area contributed by atoms with Gasteiger partial charge in [-0.1, -0.05) is 0 Å². The summed E-state index contributed by atoms with van der Waals surface area (Å²) in [6.07, 6.45) is 0. The lowest BCUT2D eigenvalue weighted by Gasteiger charge is -2.20. The largest absolute Gasteiger partial charge is 0.312 e. The fraction of sp³-hybridized carbons (Fsp3) is 0.700. The van der Waals surface area contributed by atoms with E-state index in [1.54, 1.807) is 20.8 Å². The van der Waals surface area contributed by atoms with Crippen molar-refractivity contribution in [1.29, 1.82) is 0 Å². The van der Waals surface area contributed by atoms with E-state index in [-0.39, 0.29) is 6.04 Å². The third-order valence-electron chi connectivity index (χ3n) is 2.06. The predicted octanol–water partition coefficient (Wildman–Crippen LogP) is 1.47. The van der Waals surface area contributed by atoms with Crippen molar-refractivity contribution >= 4 is 26.7 Å². The minimum Gasteiger partial charge on any atom is -0.312 e. The average Bonchev–Trinajstić information content (AvgIpc) is 2.60. The van der Waals surface area contributed by atoms with Crippen LogP contribution >= 0.6 is 11.3 Å². The van der Waals surface area contributed by atoms with Crippen LogP contribution in [0.25, 0.3) is 0 Å².